The summed E-state index contributed by atoms with van der Waals surface area (Å²) in [5.74, 6) is -1.33. The van der Waals surface area contributed by atoms with E-state index in [-0.39, 0.29) is 6.61 Å². The first-order valence-corrected chi connectivity index (χ1v) is 6.30. The topological polar surface area (TPSA) is 46.6 Å². The van der Waals surface area contributed by atoms with Gasteiger partial charge >= 0.3 is 11.9 Å². The maximum atomic E-state index is 12.1. The molecule has 0 saturated heterocycles. The van der Waals surface area contributed by atoms with Crippen LogP contribution in [-0.2, 0) is 20.7 Å². The van der Waals surface area contributed by atoms with Crippen LogP contribution in [0.2, 0.25) is 0 Å². The van der Waals surface area contributed by atoms with Gasteiger partial charge in [0.1, 0.15) is 0 Å². The molecule has 96 valence electrons. The van der Waals surface area contributed by atoms with Gasteiger partial charge < -0.3 is 9.64 Å². The third-order valence-electron chi connectivity index (χ3n) is 3.06. The Morgan fingerprint density at radius 3 is 2.83 bits per heavy atom. The third kappa shape index (κ3) is 2.53. The van der Waals surface area contributed by atoms with E-state index in [4.69, 9.17) is 4.74 Å². The summed E-state index contributed by atoms with van der Waals surface area (Å²) in [6.07, 6.45) is 2.88. The van der Waals surface area contributed by atoms with Crippen molar-refractivity contribution in [2.24, 2.45) is 0 Å². The number of esters is 1. The van der Waals surface area contributed by atoms with E-state index in [1.165, 1.54) is 0 Å². The number of amides is 1. The summed E-state index contributed by atoms with van der Waals surface area (Å²) < 4.78 is 4.78. The number of aryl methyl sites for hydroxylation is 1. The standard InChI is InChI=1S/C14H17NO3/c1-2-18-14(17)13(16)15-10-6-5-8-11-7-3-4-9-12(11)15/h3-4,7,9H,2,5-6,8,10H2,1H3. The molecule has 1 aliphatic heterocycles. The predicted octanol–water partition coefficient (Wildman–Crippen LogP) is 1.92. The number of para-hydroxylation sites is 1. The maximum absolute atomic E-state index is 12.1. The van der Waals surface area contributed by atoms with E-state index in [1.54, 1.807) is 11.8 Å². The Labute approximate surface area is 107 Å². The molecule has 0 N–H and O–H groups in total. The van der Waals surface area contributed by atoms with Gasteiger partial charge in [0, 0.05) is 12.2 Å². The van der Waals surface area contributed by atoms with Crippen molar-refractivity contribution in [3.8, 4) is 0 Å². The molecule has 0 saturated carbocycles. The van der Waals surface area contributed by atoms with Crippen molar-refractivity contribution < 1.29 is 14.3 Å². The highest BCUT2D eigenvalue weighted by molar-refractivity contribution is 6.38. The lowest BCUT2D eigenvalue weighted by atomic mass is 10.1. The first-order valence-electron chi connectivity index (χ1n) is 6.30. The summed E-state index contributed by atoms with van der Waals surface area (Å²) in [5.41, 5.74) is 1.96. The Kier molecular flexibility index (Phi) is 3.97. The number of hydrogen-bond donors (Lipinski definition) is 0. The second-order valence-electron chi connectivity index (χ2n) is 4.26. The molecular formula is C14H17NO3. The first-order chi connectivity index (χ1) is 8.74. The molecule has 4 heteroatoms. The van der Waals surface area contributed by atoms with Crippen LogP contribution >= 0.6 is 0 Å². The second kappa shape index (κ2) is 5.67. The van der Waals surface area contributed by atoms with Crippen LogP contribution in [0.3, 0.4) is 0 Å². The highest BCUT2D eigenvalue weighted by Gasteiger charge is 2.27. The van der Waals surface area contributed by atoms with E-state index in [9.17, 15) is 9.59 Å². The number of carbonyl (C=O) groups excluding carboxylic acids is 2. The monoisotopic (exact) mass is 247 g/mol. The summed E-state index contributed by atoms with van der Waals surface area (Å²) in [6, 6.07) is 7.73. The van der Waals surface area contributed by atoms with Crippen LogP contribution in [0.25, 0.3) is 0 Å². The second-order valence-corrected chi connectivity index (χ2v) is 4.26. The Bertz CT molecular complexity index is 456. The molecule has 0 fully saturated rings. The molecule has 1 aliphatic rings. The summed E-state index contributed by atoms with van der Waals surface area (Å²) in [6.45, 7) is 2.50. The fourth-order valence-corrected chi connectivity index (χ4v) is 2.21. The van der Waals surface area contributed by atoms with Gasteiger partial charge in [0.2, 0.25) is 0 Å². The number of hydrogen-bond acceptors (Lipinski definition) is 3. The maximum Gasteiger partial charge on any atom is 0.397 e. The van der Waals surface area contributed by atoms with E-state index in [0.717, 1.165) is 30.5 Å². The minimum Gasteiger partial charge on any atom is -0.459 e. The van der Waals surface area contributed by atoms with Gasteiger partial charge in [-0.05, 0) is 37.8 Å². The zero-order valence-corrected chi connectivity index (χ0v) is 10.5. The first kappa shape index (κ1) is 12.6. The van der Waals surface area contributed by atoms with E-state index in [0.29, 0.717) is 6.54 Å². The highest BCUT2D eigenvalue weighted by atomic mass is 16.5. The molecule has 0 atom stereocenters. The summed E-state index contributed by atoms with van der Waals surface area (Å²) in [4.78, 5) is 25.1. The van der Waals surface area contributed by atoms with Gasteiger partial charge in [0.15, 0.2) is 0 Å². The van der Waals surface area contributed by atoms with Crippen LogP contribution in [0.5, 0.6) is 0 Å². The summed E-state index contributed by atoms with van der Waals surface area (Å²) in [5, 5.41) is 0. The van der Waals surface area contributed by atoms with Crippen molar-refractivity contribution in [3.05, 3.63) is 29.8 Å². The summed E-state index contributed by atoms with van der Waals surface area (Å²) in [7, 11) is 0. The average molecular weight is 247 g/mol. The number of ether oxygens (including phenoxy) is 1. The van der Waals surface area contributed by atoms with Crippen LogP contribution in [0.1, 0.15) is 25.3 Å². The van der Waals surface area contributed by atoms with Crippen molar-refractivity contribution in [2.45, 2.75) is 26.2 Å². The van der Waals surface area contributed by atoms with E-state index >= 15 is 0 Å². The van der Waals surface area contributed by atoms with Crippen molar-refractivity contribution in [1.29, 1.82) is 0 Å². The Hall–Kier alpha value is -1.84. The van der Waals surface area contributed by atoms with Crippen LogP contribution < -0.4 is 4.90 Å². The SMILES string of the molecule is CCOC(=O)C(=O)N1CCCCc2ccccc21. The highest BCUT2D eigenvalue weighted by Crippen LogP contribution is 2.26. The fraction of sp³-hybridized carbons (Fsp3) is 0.429. The normalized spacial score (nSPS) is 14.6. The zero-order valence-electron chi connectivity index (χ0n) is 10.5. The van der Waals surface area contributed by atoms with Crippen molar-refractivity contribution in [2.75, 3.05) is 18.1 Å². The van der Waals surface area contributed by atoms with Crippen molar-refractivity contribution in [3.63, 3.8) is 0 Å². The molecule has 1 amide bonds. The van der Waals surface area contributed by atoms with Gasteiger partial charge in [0.05, 0.1) is 6.61 Å². The minimum absolute atomic E-state index is 0.222. The smallest absolute Gasteiger partial charge is 0.397 e. The molecule has 4 nitrogen and oxygen atoms in total. The average Bonchev–Trinajstić information content (AvgIpc) is 2.60. The fourth-order valence-electron chi connectivity index (χ4n) is 2.21. The lowest BCUT2D eigenvalue weighted by Crippen LogP contribution is -2.38. The molecular weight excluding hydrogens is 230 g/mol. The summed E-state index contributed by atoms with van der Waals surface area (Å²) >= 11 is 0. The molecule has 2 rings (SSSR count). The van der Waals surface area contributed by atoms with Crippen LogP contribution in [0.4, 0.5) is 5.69 Å². The molecule has 1 aromatic carbocycles. The van der Waals surface area contributed by atoms with Crippen molar-refractivity contribution in [1.82, 2.24) is 0 Å². The number of fused-ring (bicyclic) bond motifs is 1. The number of carbonyl (C=O) groups is 2. The Morgan fingerprint density at radius 2 is 2.06 bits per heavy atom. The van der Waals surface area contributed by atoms with E-state index < -0.39 is 11.9 Å². The van der Waals surface area contributed by atoms with Gasteiger partial charge in [-0.2, -0.15) is 0 Å². The van der Waals surface area contributed by atoms with Gasteiger partial charge in [-0.1, -0.05) is 18.2 Å². The molecule has 0 radical (unpaired) electrons. The van der Waals surface area contributed by atoms with E-state index in [1.807, 2.05) is 24.3 Å². The molecule has 0 aromatic heterocycles. The number of anilines is 1. The van der Waals surface area contributed by atoms with Gasteiger partial charge in [-0.15, -0.1) is 0 Å². The minimum atomic E-state index is -0.769. The largest absolute Gasteiger partial charge is 0.459 e. The predicted molar refractivity (Wildman–Crippen MR) is 68.4 cm³/mol. The lowest BCUT2D eigenvalue weighted by Gasteiger charge is -2.21. The number of rotatable bonds is 1. The molecule has 0 aliphatic carbocycles. The number of benzene rings is 1. The molecule has 0 bridgehead atoms. The Morgan fingerprint density at radius 1 is 1.28 bits per heavy atom. The van der Waals surface area contributed by atoms with E-state index in [2.05, 4.69) is 0 Å². The molecule has 1 heterocycles. The molecule has 18 heavy (non-hydrogen) atoms. The molecule has 1 aromatic rings. The lowest BCUT2D eigenvalue weighted by molar-refractivity contribution is -0.153. The van der Waals surface area contributed by atoms with Crippen molar-refractivity contribution >= 4 is 17.6 Å². The quantitative estimate of drug-likeness (QED) is 0.562. The van der Waals surface area contributed by atoms with Crippen LogP contribution in [-0.4, -0.2) is 25.0 Å². The van der Waals surface area contributed by atoms with Crippen LogP contribution in [0.15, 0.2) is 24.3 Å². The molecule has 0 spiro atoms. The van der Waals surface area contributed by atoms with Gasteiger partial charge in [-0.25, -0.2) is 4.79 Å². The third-order valence-corrected chi connectivity index (χ3v) is 3.06. The Balaban J connectivity index is 2.27. The van der Waals surface area contributed by atoms with Gasteiger partial charge in [0.25, 0.3) is 0 Å². The zero-order chi connectivity index (χ0) is 13.0. The number of nitrogens with zero attached hydrogens (tertiary/aromatic N) is 1. The van der Waals surface area contributed by atoms with Crippen LogP contribution in [0, 0.1) is 0 Å². The van der Waals surface area contributed by atoms with Gasteiger partial charge in [-0.3, -0.25) is 4.79 Å². The molecule has 0 unspecified atom stereocenters.